The highest BCUT2D eigenvalue weighted by Gasteiger charge is 2.58. The molecule has 1 saturated heterocycles. The first-order valence-electron chi connectivity index (χ1n) is 11.6. The van der Waals surface area contributed by atoms with E-state index in [2.05, 4.69) is 43.3 Å². The zero-order valence-corrected chi connectivity index (χ0v) is 24.9. The molecule has 1 aliphatic heterocycles. The number of carbonyl (C=O) groups excluding carboxylic acids is 2. The molecule has 12 heteroatoms. The van der Waals surface area contributed by atoms with E-state index < -0.39 is 31.7 Å². The molecule has 0 bridgehead atoms. The number of ketones is 1. The van der Waals surface area contributed by atoms with Crippen molar-refractivity contribution in [3.8, 4) is 0 Å². The molecule has 0 N–H and O–H groups in total. The number of hydrogen-bond donors (Lipinski definition) is 0. The van der Waals surface area contributed by atoms with E-state index in [1.165, 1.54) is 0 Å². The van der Waals surface area contributed by atoms with Crippen molar-refractivity contribution in [1.82, 2.24) is 0 Å². The van der Waals surface area contributed by atoms with E-state index in [-0.39, 0.29) is 29.6 Å². The van der Waals surface area contributed by atoms with Gasteiger partial charge in [-0.25, -0.2) is 8.42 Å². The molecule has 2 rings (SSSR count). The molecule has 35 heavy (non-hydrogen) atoms. The Morgan fingerprint density at radius 3 is 2.14 bits per heavy atom. The molecule has 1 heterocycles. The Bertz CT molecular complexity index is 938. The first kappa shape index (κ1) is 30.9. The molecule has 0 amide bonds. The average Bonchev–Trinajstić information content (AvgIpc) is 2.81. The summed E-state index contributed by atoms with van der Waals surface area (Å²) in [6, 6.07) is 6.70. The van der Waals surface area contributed by atoms with Crippen molar-refractivity contribution in [2.75, 3.05) is 29.2 Å². The number of ether oxygens (including phenoxy) is 1. The van der Waals surface area contributed by atoms with Crippen molar-refractivity contribution in [1.29, 1.82) is 0 Å². The van der Waals surface area contributed by atoms with E-state index in [4.69, 9.17) is 3.63 Å². The second-order valence-corrected chi connectivity index (χ2v) is 15.5. The van der Waals surface area contributed by atoms with Crippen LogP contribution in [0.5, 0.6) is 0 Å². The second-order valence-electron chi connectivity index (χ2n) is 8.49. The molecule has 0 aromatic heterocycles. The number of hydrogen-bond acceptors (Lipinski definition) is 6. The maximum Gasteiger partial charge on any atom is 0.466 e. The molecule has 0 spiro atoms. The zero-order valence-electron chi connectivity index (χ0n) is 19.5. The lowest BCUT2D eigenvalue weighted by Crippen LogP contribution is -2.42. The van der Waals surface area contributed by atoms with E-state index >= 15 is 0 Å². The number of carbonyl (C=O) groups is 2. The molecule has 0 unspecified atom stereocenters. The average molecular weight is 713 g/mol. The van der Waals surface area contributed by atoms with Crippen molar-refractivity contribution in [3.63, 3.8) is 0 Å². The monoisotopic (exact) mass is 712 g/mol. The smallest absolute Gasteiger partial charge is 0.460 e. The summed E-state index contributed by atoms with van der Waals surface area (Å²) in [6.45, 7) is -0.286. The Morgan fingerprint density at radius 1 is 0.971 bits per heavy atom. The van der Waals surface area contributed by atoms with Crippen LogP contribution in [0.2, 0.25) is 0 Å². The molecule has 1 fully saturated rings. The van der Waals surface area contributed by atoms with E-state index in [9.17, 15) is 26.8 Å². The number of rotatable bonds is 15. The molecular formula is C23H32BrF2IO6S2. The summed E-state index contributed by atoms with van der Waals surface area (Å²) in [7, 11) is -8.34. The summed E-state index contributed by atoms with van der Waals surface area (Å²) in [6.07, 6.45) is 6.96. The molecular weight excluding hydrogens is 681 g/mol. The predicted molar refractivity (Wildman–Crippen MR) is 147 cm³/mol. The van der Waals surface area contributed by atoms with Crippen molar-refractivity contribution in [3.05, 3.63) is 33.4 Å². The molecule has 1 aliphatic rings. The van der Waals surface area contributed by atoms with Gasteiger partial charge in [-0.1, -0.05) is 60.2 Å². The van der Waals surface area contributed by atoms with E-state index in [1.54, 1.807) is 24.3 Å². The third kappa shape index (κ3) is 9.50. The van der Waals surface area contributed by atoms with Crippen LogP contribution in [0.1, 0.15) is 68.1 Å². The van der Waals surface area contributed by atoms with Crippen LogP contribution >= 0.6 is 48.8 Å². The first-order valence-corrected chi connectivity index (χ1v) is 17.3. The Kier molecular flexibility index (Phi) is 12.9. The molecule has 1 aromatic rings. The van der Waals surface area contributed by atoms with Gasteiger partial charge < -0.3 is 4.74 Å². The minimum absolute atomic E-state index is 0.211. The van der Waals surface area contributed by atoms with Crippen LogP contribution in [-0.4, -0.2) is 54.6 Å². The standard InChI is InChI=1S/C23H32BrF2IO6S2/c24-14-6-3-1-2-4-7-15-32-22(29)23(25,26)35(30,31)33-34(16-8-5-9-17-34)18-21(28)19-10-12-20(27)13-11-19/h10-13H,1-9,14-18H2. The van der Waals surface area contributed by atoms with Crippen LogP contribution in [0.4, 0.5) is 8.78 Å². The van der Waals surface area contributed by atoms with Gasteiger partial charge in [-0.3, -0.25) is 4.79 Å². The summed E-state index contributed by atoms with van der Waals surface area (Å²) in [4.78, 5) is 24.9. The first-order chi connectivity index (χ1) is 16.5. The van der Waals surface area contributed by atoms with Crippen LogP contribution < -0.4 is 0 Å². The maximum absolute atomic E-state index is 14.7. The summed E-state index contributed by atoms with van der Waals surface area (Å²) in [5.74, 6) is -2.36. The molecule has 0 aliphatic carbocycles. The normalized spacial score (nSPS) is 17.0. The lowest BCUT2D eigenvalue weighted by Gasteiger charge is -2.41. The summed E-state index contributed by atoms with van der Waals surface area (Å²) in [5.41, 5.74) is 0.363. The number of alkyl halides is 3. The summed E-state index contributed by atoms with van der Waals surface area (Å²) in [5, 5.41) is -3.91. The van der Waals surface area contributed by atoms with Crippen molar-refractivity contribution in [2.45, 2.75) is 63.0 Å². The Hall–Kier alpha value is -0.310. The van der Waals surface area contributed by atoms with Crippen molar-refractivity contribution >= 4 is 70.7 Å². The van der Waals surface area contributed by atoms with Gasteiger partial charge in [0.05, 0.1) is 12.4 Å². The van der Waals surface area contributed by atoms with Crippen LogP contribution in [-0.2, 0) is 23.3 Å². The van der Waals surface area contributed by atoms with Crippen LogP contribution in [0.15, 0.2) is 24.3 Å². The molecule has 6 nitrogen and oxygen atoms in total. The number of halogens is 4. The number of benzene rings is 1. The van der Waals surface area contributed by atoms with E-state index in [0.29, 0.717) is 31.2 Å². The third-order valence-electron chi connectivity index (χ3n) is 5.64. The highest BCUT2D eigenvalue weighted by molar-refractivity contribution is 14.1. The highest BCUT2D eigenvalue weighted by atomic mass is 127. The summed E-state index contributed by atoms with van der Waals surface area (Å²) >= 11 is 5.44. The lowest BCUT2D eigenvalue weighted by atomic mass is 10.1. The van der Waals surface area contributed by atoms with Gasteiger partial charge in [0.25, 0.3) is 0 Å². The SMILES string of the molecule is O=C(CS1(OS(=O)(=O)C(F)(F)C(=O)OCCCCCCCCBr)CCCCC1)c1ccc(I)cc1. The van der Waals surface area contributed by atoms with Gasteiger partial charge in [-0.05, 0) is 60.4 Å². The summed E-state index contributed by atoms with van der Waals surface area (Å²) < 4.78 is 65.2. The van der Waals surface area contributed by atoms with E-state index in [1.807, 2.05) is 0 Å². The third-order valence-corrected chi connectivity index (χ3v) is 12.4. The van der Waals surface area contributed by atoms with Crippen molar-refractivity contribution in [2.24, 2.45) is 0 Å². The van der Waals surface area contributed by atoms with E-state index in [0.717, 1.165) is 41.0 Å². The molecule has 1 aromatic carbocycles. The van der Waals surface area contributed by atoms with Crippen LogP contribution in [0.25, 0.3) is 0 Å². The maximum atomic E-state index is 14.7. The van der Waals surface area contributed by atoms with Gasteiger partial charge >= 0.3 is 21.3 Å². The molecule has 0 radical (unpaired) electrons. The van der Waals surface area contributed by atoms with Crippen LogP contribution in [0.3, 0.4) is 0 Å². The number of esters is 1. The molecule has 200 valence electrons. The van der Waals surface area contributed by atoms with Gasteiger partial charge in [0.15, 0.2) is 5.78 Å². The fourth-order valence-corrected chi connectivity index (χ4v) is 9.91. The van der Waals surface area contributed by atoms with Gasteiger partial charge in [0, 0.05) is 26.0 Å². The second kappa shape index (κ2) is 14.6. The fourth-order valence-electron chi connectivity index (χ4n) is 3.69. The topological polar surface area (TPSA) is 86.7 Å². The highest BCUT2D eigenvalue weighted by Crippen LogP contribution is 2.56. The minimum Gasteiger partial charge on any atom is -0.460 e. The lowest BCUT2D eigenvalue weighted by molar-refractivity contribution is -0.161. The fraction of sp³-hybridized carbons (Fsp3) is 0.652. The number of unbranched alkanes of at least 4 members (excludes halogenated alkanes) is 5. The van der Waals surface area contributed by atoms with Gasteiger partial charge in [-0.15, -0.1) is 10.3 Å². The minimum atomic E-state index is -5.64. The Balaban J connectivity index is 2.00. The predicted octanol–water partition coefficient (Wildman–Crippen LogP) is 6.60. The van der Waals surface area contributed by atoms with Crippen molar-refractivity contribution < 1.29 is 35.2 Å². The number of Topliss-reactive ketones (excluding diaryl/α,β-unsaturated/α-hetero) is 1. The van der Waals surface area contributed by atoms with Gasteiger partial charge in [0.1, 0.15) is 0 Å². The van der Waals surface area contributed by atoms with Gasteiger partial charge in [-0.2, -0.15) is 17.2 Å². The Morgan fingerprint density at radius 2 is 1.54 bits per heavy atom. The Labute approximate surface area is 230 Å². The van der Waals surface area contributed by atoms with Crippen LogP contribution in [0, 0.1) is 3.57 Å². The molecule has 0 saturated carbocycles. The quantitative estimate of drug-likeness (QED) is 0.0671. The zero-order chi connectivity index (χ0) is 26.0. The largest absolute Gasteiger partial charge is 0.466 e. The van der Waals surface area contributed by atoms with Gasteiger partial charge in [0.2, 0.25) is 0 Å². The molecule has 0 atom stereocenters.